The largest absolute Gasteiger partial charge is 0.497 e. The van der Waals surface area contributed by atoms with Crippen molar-refractivity contribution in [2.75, 3.05) is 7.11 Å². The van der Waals surface area contributed by atoms with Crippen LogP contribution < -0.4 is 4.74 Å². The minimum absolute atomic E-state index is 0.0825. The monoisotopic (exact) mass is 481 g/mol. The summed E-state index contributed by atoms with van der Waals surface area (Å²) >= 11 is 0. The Morgan fingerprint density at radius 1 is 1.06 bits per heavy atom. The van der Waals surface area contributed by atoms with E-state index < -0.39 is 23.4 Å². The van der Waals surface area contributed by atoms with Crippen molar-refractivity contribution in [2.45, 2.75) is 25.4 Å². The number of benzene rings is 2. The minimum atomic E-state index is -4.92. The average molecular weight is 481 g/mol. The van der Waals surface area contributed by atoms with Crippen LogP contribution >= 0.6 is 0 Å². The molecule has 4 aromatic rings. The number of hydrogen-bond donors (Lipinski definition) is 1. The van der Waals surface area contributed by atoms with Gasteiger partial charge in [-0.25, -0.2) is 14.5 Å². The van der Waals surface area contributed by atoms with Crippen molar-refractivity contribution in [1.82, 2.24) is 14.8 Å². The van der Waals surface area contributed by atoms with E-state index in [1.165, 1.54) is 6.07 Å². The van der Waals surface area contributed by atoms with E-state index in [4.69, 9.17) is 4.74 Å². The maximum Gasteiger partial charge on any atom is 0.434 e. The second-order valence-corrected chi connectivity index (χ2v) is 8.04. The smallest absolute Gasteiger partial charge is 0.434 e. The third kappa shape index (κ3) is 5.03. The van der Waals surface area contributed by atoms with Gasteiger partial charge in [-0.3, -0.25) is 0 Å². The van der Waals surface area contributed by atoms with Gasteiger partial charge in [-0.05, 0) is 47.7 Å². The van der Waals surface area contributed by atoms with Crippen LogP contribution in [-0.2, 0) is 12.6 Å². The van der Waals surface area contributed by atoms with Crippen molar-refractivity contribution in [3.8, 4) is 22.8 Å². The van der Waals surface area contributed by atoms with Gasteiger partial charge in [0.25, 0.3) is 0 Å². The molecular formula is C26H22F3N3O3. The number of pyridine rings is 1. The number of carbonyl (C=O) groups is 1. The highest BCUT2D eigenvalue weighted by molar-refractivity contribution is 5.89. The third-order valence-corrected chi connectivity index (χ3v) is 5.69. The van der Waals surface area contributed by atoms with Crippen LogP contribution in [0.3, 0.4) is 0 Å². The summed E-state index contributed by atoms with van der Waals surface area (Å²) in [4.78, 5) is 15.8. The van der Waals surface area contributed by atoms with Crippen molar-refractivity contribution < 1.29 is 27.8 Å². The van der Waals surface area contributed by atoms with Gasteiger partial charge in [0.15, 0.2) is 11.5 Å². The number of halogens is 3. The number of alkyl halides is 3. The summed E-state index contributed by atoms with van der Waals surface area (Å²) in [5, 5.41) is 12.9. The molecule has 1 N–H and O–H groups in total. The first kappa shape index (κ1) is 24.0. The Morgan fingerprint density at radius 2 is 1.77 bits per heavy atom. The van der Waals surface area contributed by atoms with Gasteiger partial charge in [0.2, 0.25) is 0 Å². The Labute approximate surface area is 199 Å². The van der Waals surface area contributed by atoms with E-state index in [-0.39, 0.29) is 11.7 Å². The first-order chi connectivity index (χ1) is 16.7. The lowest BCUT2D eigenvalue weighted by molar-refractivity contribution is -0.143. The molecule has 180 valence electrons. The van der Waals surface area contributed by atoms with Crippen molar-refractivity contribution in [3.63, 3.8) is 0 Å². The second-order valence-electron chi connectivity index (χ2n) is 8.04. The van der Waals surface area contributed by atoms with Crippen LogP contribution in [0, 0.1) is 0 Å². The molecule has 9 heteroatoms. The predicted octanol–water partition coefficient (Wildman–Crippen LogP) is 6.01. The van der Waals surface area contributed by atoms with E-state index in [1.54, 1.807) is 19.2 Å². The number of aromatic nitrogens is 3. The molecule has 1 atom stereocenters. The van der Waals surface area contributed by atoms with E-state index in [2.05, 4.69) is 17.0 Å². The van der Waals surface area contributed by atoms with E-state index >= 15 is 0 Å². The van der Waals surface area contributed by atoms with Crippen molar-refractivity contribution in [2.24, 2.45) is 0 Å². The lowest BCUT2D eigenvalue weighted by atomic mass is 9.89. The molecule has 0 spiro atoms. The maximum atomic E-state index is 13.7. The number of aromatic carboxylic acids is 1. The molecule has 4 rings (SSSR count). The minimum Gasteiger partial charge on any atom is -0.497 e. The molecule has 0 aliphatic rings. The zero-order chi connectivity index (χ0) is 25.2. The van der Waals surface area contributed by atoms with Crippen LogP contribution in [-0.4, -0.2) is 33.0 Å². The second kappa shape index (κ2) is 9.61. The molecule has 0 saturated carbocycles. The first-order valence-electron chi connectivity index (χ1n) is 10.8. The molecule has 0 aliphatic heterocycles. The summed E-state index contributed by atoms with van der Waals surface area (Å²) in [6.45, 7) is 2.07. The number of hydrogen-bond acceptors (Lipinski definition) is 4. The van der Waals surface area contributed by atoms with Gasteiger partial charge in [-0.15, -0.1) is 0 Å². The van der Waals surface area contributed by atoms with Crippen LogP contribution in [0.4, 0.5) is 13.2 Å². The molecular weight excluding hydrogens is 459 g/mol. The van der Waals surface area contributed by atoms with Crippen LogP contribution in [0.2, 0.25) is 0 Å². The van der Waals surface area contributed by atoms with Gasteiger partial charge in [-0.2, -0.15) is 18.3 Å². The van der Waals surface area contributed by atoms with Gasteiger partial charge < -0.3 is 9.84 Å². The van der Waals surface area contributed by atoms with E-state index in [0.29, 0.717) is 16.6 Å². The third-order valence-electron chi connectivity index (χ3n) is 5.69. The molecule has 0 fully saturated rings. The molecule has 2 heterocycles. The summed E-state index contributed by atoms with van der Waals surface area (Å²) in [6.07, 6.45) is -3.50. The highest BCUT2D eigenvalue weighted by atomic mass is 19.4. The fourth-order valence-corrected chi connectivity index (χ4v) is 4.03. The Morgan fingerprint density at radius 3 is 2.43 bits per heavy atom. The average Bonchev–Trinajstić information content (AvgIpc) is 3.31. The Hall–Kier alpha value is -4.14. The quantitative estimate of drug-likeness (QED) is 0.350. The fraction of sp³-hybridized carbons (Fsp3) is 0.192. The molecule has 0 bridgehead atoms. The fourth-order valence-electron chi connectivity index (χ4n) is 4.03. The number of methoxy groups -OCH3 is 1. The van der Waals surface area contributed by atoms with Crippen LogP contribution in [0.15, 0.2) is 72.9 Å². The molecule has 0 amide bonds. The topological polar surface area (TPSA) is 77.2 Å². The molecule has 6 nitrogen and oxygen atoms in total. The van der Waals surface area contributed by atoms with Crippen LogP contribution in [0.5, 0.6) is 5.75 Å². The SMILES string of the molecule is COc1ccc(CC(C)c2ccccc2-c2cccc(-n3ncc(C(=O)O)c3C(F)(F)F)n2)cc1. The van der Waals surface area contributed by atoms with Crippen molar-refractivity contribution in [1.29, 1.82) is 0 Å². The van der Waals surface area contributed by atoms with Crippen molar-refractivity contribution in [3.05, 3.63) is 95.3 Å². The first-order valence-corrected chi connectivity index (χ1v) is 10.8. The lowest BCUT2D eigenvalue weighted by Crippen LogP contribution is -2.18. The number of rotatable bonds is 7. The standard InChI is InChI=1S/C26H22F3N3O3/c1-16(14-17-10-12-18(35-2)13-11-17)19-6-3-4-7-20(19)22-8-5-9-23(31-22)32-24(26(27,28)29)21(15-30-32)25(33)34/h3-13,15-16H,14H2,1-2H3,(H,33,34). The number of nitrogens with zero attached hydrogens (tertiary/aromatic N) is 3. The highest BCUT2D eigenvalue weighted by Crippen LogP contribution is 2.35. The number of carboxylic acid groups (broad SMARTS) is 1. The zero-order valence-electron chi connectivity index (χ0n) is 19.0. The van der Waals surface area contributed by atoms with E-state index in [0.717, 1.165) is 28.9 Å². The molecule has 0 saturated heterocycles. The normalized spacial score (nSPS) is 12.4. The number of ether oxygens (including phenoxy) is 1. The van der Waals surface area contributed by atoms with Crippen molar-refractivity contribution >= 4 is 5.97 Å². The highest BCUT2D eigenvalue weighted by Gasteiger charge is 2.41. The Kier molecular flexibility index (Phi) is 6.59. The maximum absolute atomic E-state index is 13.7. The zero-order valence-corrected chi connectivity index (χ0v) is 19.0. The lowest BCUT2D eigenvalue weighted by Gasteiger charge is -2.17. The molecule has 0 aliphatic carbocycles. The summed E-state index contributed by atoms with van der Waals surface area (Å²) < 4.78 is 46.8. The Balaban J connectivity index is 1.72. The van der Waals surface area contributed by atoms with Gasteiger partial charge in [0, 0.05) is 5.56 Å². The summed E-state index contributed by atoms with van der Waals surface area (Å²) in [7, 11) is 1.61. The number of carboxylic acids is 1. The molecule has 0 radical (unpaired) electrons. The van der Waals surface area contributed by atoms with E-state index in [1.807, 2.05) is 48.5 Å². The predicted molar refractivity (Wildman–Crippen MR) is 124 cm³/mol. The molecule has 35 heavy (non-hydrogen) atoms. The van der Waals surface area contributed by atoms with Gasteiger partial charge in [0.05, 0.1) is 19.0 Å². The molecule has 2 aromatic carbocycles. The molecule has 1 unspecified atom stereocenters. The summed E-state index contributed by atoms with van der Waals surface area (Å²) in [5.41, 5.74) is 1.02. The Bertz CT molecular complexity index is 1350. The summed E-state index contributed by atoms with van der Waals surface area (Å²) in [6, 6.07) is 20.0. The van der Waals surface area contributed by atoms with Gasteiger partial charge in [0.1, 0.15) is 11.3 Å². The summed E-state index contributed by atoms with van der Waals surface area (Å²) in [5.74, 6) is -0.984. The van der Waals surface area contributed by atoms with Gasteiger partial charge in [-0.1, -0.05) is 49.4 Å². The van der Waals surface area contributed by atoms with Gasteiger partial charge >= 0.3 is 12.1 Å². The molecule has 2 aromatic heterocycles. The van der Waals surface area contributed by atoms with Crippen LogP contribution in [0.1, 0.15) is 40.0 Å². The van der Waals surface area contributed by atoms with E-state index in [9.17, 15) is 23.1 Å². The van der Waals surface area contributed by atoms with Crippen LogP contribution in [0.25, 0.3) is 17.1 Å².